The van der Waals surface area contributed by atoms with Crippen LogP contribution in [-0.2, 0) is 0 Å². The molecule has 1 atom stereocenters. The van der Waals surface area contributed by atoms with Crippen molar-refractivity contribution in [2.45, 2.75) is 12.5 Å². The third-order valence-corrected chi connectivity index (χ3v) is 3.43. The number of aromatic nitrogens is 1. The summed E-state index contributed by atoms with van der Waals surface area (Å²) in [5.74, 6) is 0. The van der Waals surface area contributed by atoms with Gasteiger partial charge in [0.15, 0.2) is 0 Å². The van der Waals surface area contributed by atoms with Crippen molar-refractivity contribution in [3.05, 3.63) is 54.1 Å². The molecule has 0 aliphatic heterocycles. The molecule has 3 N–H and O–H groups in total. The molecule has 0 amide bonds. The van der Waals surface area contributed by atoms with Crippen LogP contribution in [-0.4, -0.2) is 16.7 Å². The Morgan fingerprint density at radius 2 is 1.84 bits per heavy atom. The van der Waals surface area contributed by atoms with Crippen molar-refractivity contribution in [1.82, 2.24) is 4.98 Å². The van der Waals surface area contributed by atoms with Crippen molar-refractivity contribution in [3.63, 3.8) is 0 Å². The third kappa shape index (κ3) is 2.18. The predicted octanol–water partition coefficient (Wildman–Crippen LogP) is 2.77. The first-order valence-corrected chi connectivity index (χ1v) is 6.44. The van der Waals surface area contributed by atoms with Crippen LogP contribution in [0.4, 0.5) is 0 Å². The molecule has 0 saturated heterocycles. The second-order valence-corrected chi connectivity index (χ2v) is 4.71. The molecule has 1 aromatic heterocycles. The summed E-state index contributed by atoms with van der Waals surface area (Å²) in [7, 11) is 0. The van der Waals surface area contributed by atoms with Crippen molar-refractivity contribution < 1.29 is 5.11 Å². The molecule has 0 fully saturated rings. The lowest BCUT2D eigenvalue weighted by Crippen LogP contribution is -2.12. The van der Waals surface area contributed by atoms with Crippen LogP contribution >= 0.6 is 0 Å². The molecule has 19 heavy (non-hydrogen) atoms. The van der Waals surface area contributed by atoms with Crippen LogP contribution in [0.3, 0.4) is 0 Å². The van der Waals surface area contributed by atoms with E-state index < -0.39 is 0 Å². The Kier molecular flexibility index (Phi) is 3.15. The maximum Gasteiger partial charge on any atom is 0.0713 e. The average molecular weight is 252 g/mol. The third-order valence-electron chi connectivity index (χ3n) is 3.43. The topological polar surface area (TPSA) is 59.1 Å². The van der Waals surface area contributed by atoms with Gasteiger partial charge in [-0.2, -0.15) is 0 Å². The van der Waals surface area contributed by atoms with Gasteiger partial charge in [0.1, 0.15) is 0 Å². The van der Waals surface area contributed by atoms with E-state index in [4.69, 9.17) is 10.8 Å². The highest BCUT2D eigenvalue weighted by molar-refractivity contribution is 5.94. The number of aliphatic hydroxyl groups excluding tert-OH is 1. The van der Waals surface area contributed by atoms with Crippen molar-refractivity contribution in [3.8, 4) is 0 Å². The average Bonchev–Trinajstić information content (AvgIpc) is 2.44. The lowest BCUT2D eigenvalue weighted by Gasteiger charge is -2.13. The molecule has 0 saturated carbocycles. The van der Waals surface area contributed by atoms with Crippen LogP contribution < -0.4 is 5.73 Å². The van der Waals surface area contributed by atoms with Gasteiger partial charge in [-0.3, -0.25) is 0 Å². The molecule has 3 heteroatoms. The van der Waals surface area contributed by atoms with Crippen molar-refractivity contribution in [2.75, 3.05) is 6.61 Å². The Labute approximate surface area is 111 Å². The van der Waals surface area contributed by atoms with Crippen molar-refractivity contribution >= 4 is 21.8 Å². The molecule has 0 bridgehead atoms. The zero-order chi connectivity index (χ0) is 13.2. The molecule has 96 valence electrons. The Morgan fingerprint density at radius 1 is 1.05 bits per heavy atom. The molecule has 0 radical (unpaired) electrons. The molecular formula is C16H16N2O. The summed E-state index contributed by atoms with van der Waals surface area (Å²) in [6.45, 7) is 0.0958. The Morgan fingerprint density at radius 3 is 2.68 bits per heavy atom. The Balaban J connectivity index is 2.26. The first-order chi connectivity index (χ1) is 9.29. The summed E-state index contributed by atoms with van der Waals surface area (Å²) in [6, 6.07) is 16.0. The number of aliphatic hydroxyl groups is 1. The number of nitrogens with zero attached hydrogens (tertiary/aromatic N) is 1. The van der Waals surface area contributed by atoms with Gasteiger partial charge in [0, 0.05) is 23.4 Å². The highest BCUT2D eigenvalue weighted by Gasteiger charge is 2.10. The van der Waals surface area contributed by atoms with Crippen molar-refractivity contribution in [2.24, 2.45) is 5.73 Å². The number of para-hydroxylation sites is 1. The minimum atomic E-state index is -0.156. The molecule has 1 unspecified atom stereocenters. The maximum absolute atomic E-state index is 9.05. The van der Waals surface area contributed by atoms with E-state index in [-0.39, 0.29) is 12.6 Å². The van der Waals surface area contributed by atoms with Crippen molar-refractivity contribution in [1.29, 1.82) is 0 Å². The van der Waals surface area contributed by atoms with E-state index in [1.807, 2.05) is 36.4 Å². The fourth-order valence-corrected chi connectivity index (χ4v) is 2.44. The molecule has 0 aliphatic rings. The number of rotatable bonds is 3. The molecule has 0 spiro atoms. The van der Waals surface area contributed by atoms with Crippen LogP contribution in [0.25, 0.3) is 21.8 Å². The number of benzene rings is 2. The standard InChI is InChI=1S/C16H16N2O/c17-14(8-9-19)12-5-3-7-16-13(12)10-11-4-1-2-6-15(11)18-16/h1-7,10,14,19H,8-9,17H2. The highest BCUT2D eigenvalue weighted by atomic mass is 16.3. The van der Waals surface area contributed by atoms with E-state index in [0.717, 1.165) is 27.4 Å². The second-order valence-electron chi connectivity index (χ2n) is 4.71. The first-order valence-electron chi connectivity index (χ1n) is 6.44. The molecule has 2 aromatic carbocycles. The van der Waals surface area contributed by atoms with Gasteiger partial charge in [-0.15, -0.1) is 0 Å². The summed E-state index contributed by atoms with van der Waals surface area (Å²) in [5, 5.41) is 11.2. The first kappa shape index (κ1) is 12.1. The predicted molar refractivity (Wildman–Crippen MR) is 77.9 cm³/mol. The molecule has 3 nitrogen and oxygen atoms in total. The summed E-state index contributed by atoms with van der Waals surface area (Å²) in [6.07, 6.45) is 0.561. The molecule has 3 rings (SSSR count). The number of pyridine rings is 1. The summed E-state index contributed by atoms with van der Waals surface area (Å²) < 4.78 is 0. The lowest BCUT2D eigenvalue weighted by atomic mass is 9.98. The van der Waals surface area contributed by atoms with Crippen LogP contribution in [0.1, 0.15) is 18.0 Å². The van der Waals surface area contributed by atoms with Gasteiger partial charge in [0.05, 0.1) is 11.0 Å². The number of hydrogen-bond donors (Lipinski definition) is 2. The van der Waals surface area contributed by atoms with E-state index in [1.165, 1.54) is 0 Å². The van der Waals surface area contributed by atoms with Crippen LogP contribution in [0.2, 0.25) is 0 Å². The van der Waals surface area contributed by atoms with E-state index in [2.05, 4.69) is 17.1 Å². The zero-order valence-corrected chi connectivity index (χ0v) is 10.6. The Bertz CT molecular complexity index is 724. The molecule has 0 aliphatic carbocycles. The number of hydrogen-bond acceptors (Lipinski definition) is 3. The van der Waals surface area contributed by atoms with E-state index in [1.54, 1.807) is 0 Å². The molecular weight excluding hydrogens is 236 g/mol. The maximum atomic E-state index is 9.05. The van der Waals surface area contributed by atoms with Gasteiger partial charge < -0.3 is 10.8 Å². The number of nitrogens with two attached hydrogens (primary N) is 1. The van der Waals surface area contributed by atoms with Gasteiger partial charge in [-0.25, -0.2) is 4.98 Å². The van der Waals surface area contributed by atoms with Gasteiger partial charge in [0.2, 0.25) is 0 Å². The quantitative estimate of drug-likeness (QED) is 0.705. The lowest BCUT2D eigenvalue weighted by molar-refractivity contribution is 0.277. The smallest absolute Gasteiger partial charge is 0.0713 e. The van der Waals surface area contributed by atoms with Crippen LogP contribution in [0.5, 0.6) is 0 Å². The second kappa shape index (κ2) is 4.96. The number of fused-ring (bicyclic) bond motifs is 2. The van der Waals surface area contributed by atoms with E-state index >= 15 is 0 Å². The summed E-state index contributed by atoms with van der Waals surface area (Å²) in [4.78, 5) is 4.66. The minimum absolute atomic E-state index is 0.0958. The zero-order valence-electron chi connectivity index (χ0n) is 10.6. The largest absolute Gasteiger partial charge is 0.396 e. The molecule has 3 aromatic rings. The monoisotopic (exact) mass is 252 g/mol. The van der Waals surface area contributed by atoms with Crippen LogP contribution in [0, 0.1) is 0 Å². The minimum Gasteiger partial charge on any atom is -0.396 e. The SMILES string of the molecule is NC(CCO)c1cccc2nc3ccccc3cc12. The van der Waals surface area contributed by atoms with Gasteiger partial charge in [-0.1, -0.05) is 30.3 Å². The fraction of sp³-hybridized carbons (Fsp3) is 0.188. The van der Waals surface area contributed by atoms with Crippen LogP contribution in [0.15, 0.2) is 48.5 Å². The molecule has 1 heterocycles. The van der Waals surface area contributed by atoms with Gasteiger partial charge in [0.25, 0.3) is 0 Å². The summed E-state index contributed by atoms with van der Waals surface area (Å²) in [5.41, 5.74) is 9.11. The van der Waals surface area contributed by atoms with E-state index in [9.17, 15) is 0 Å². The van der Waals surface area contributed by atoms with Gasteiger partial charge in [-0.05, 0) is 30.2 Å². The van der Waals surface area contributed by atoms with E-state index in [0.29, 0.717) is 6.42 Å². The van der Waals surface area contributed by atoms with Gasteiger partial charge >= 0.3 is 0 Å². The normalized spacial score (nSPS) is 12.9. The fourth-order valence-electron chi connectivity index (χ4n) is 2.44. The summed E-state index contributed by atoms with van der Waals surface area (Å²) >= 11 is 0. The Hall–Kier alpha value is -1.97. The highest BCUT2D eigenvalue weighted by Crippen LogP contribution is 2.26.